The number of nitrogens with one attached hydrogen (secondary N) is 3. The first kappa shape index (κ1) is 39.6. The van der Waals surface area contributed by atoms with Gasteiger partial charge in [0.25, 0.3) is 0 Å². The highest BCUT2D eigenvalue weighted by atomic mass is 19.2. The monoisotopic (exact) mass is 770 g/mol. The van der Waals surface area contributed by atoms with Gasteiger partial charge in [0.1, 0.15) is 16.8 Å². The summed E-state index contributed by atoms with van der Waals surface area (Å²) in [5.74, 6) is -5.82. The summed E-state index contributed by atoms with van der Waals surface area (Å²) >= 11 is 0. The van der Waals surface area contributed by atoms with Crippen LogP contribution in [0.25, 0.3) is 21.8 Å². The molecule has 2 atom stereocenters. The molecule has 0 spiro atoms. The van der Waals surface area contributed by atoms with E-state index in [4.69, 9.17) is 14.6 Å². The van der Waals surface area contributed by atoms with E-state index < -0.39 is 45.8 Å². The van der Waals surface area contributed by atoms with Gasteiger partial charge in [0.05, 0.1) is 36.0 Å². The van der Waals surface area contributed by atoms with Crippen molar-refractivity contribution in [2.24, 2.45) is 0 Å². The van der Waals surface area contributed by atoms with Crippen LogP contribution in [0.2, 0.25) is 0 Å². The first-order valence-electron chi connectivity index (χ1n) is 18.2. The lowest BCUT2D eigenvalue weighted by Gasteiger charge is -2.35. The topological polar surface area (TPSA) is 176 Å². The van der Waals surface area contributed by atoms with Crippen LogP contribution in [0, 0.1) is 17.5 Å². The molecule has 0 bridgehead atoms. The fourth-order valence-electron chi connectivity index (χ4n) is 7.07. The van der Waals surface area contributed by atoms with Gasteiger partial charge in [-0.2, -0.15) is 4.39 Å². The van der Waals surface area contributed by atoms with E-state index in [1.165, 1.54) is 31.2 Å². The Morgan fingerprint density at radius 1 is 0.745 bits per heavy atom. The number of halogens is 3. The fraction of sp³-hybridized carbons (Fsp3) is 0.474. The van der Waals surface area contributed by atoms with Crippen molar-refractivity contribution in [1.82, 2.24) is 25.1 Å². The molecule has 4 aromatic rings. The predicted octanol–water partition coefficient (Wildman–Crippen LogP) is 3.87. The largest absolute Gasteiger partial charge is 0.492 e. The number of aromatic nitrogens is 2. The molecule has 296 valence electrons. The highest BCUT2D eigenvalue weighted by molar-refractivity contribution is 5.97. The van der Waals surface area contributed by atoms with Gasteiger partial charge in [-0.25, -0.2) is 18.4 Å². The Balaban J connectivity index is 0.000000162. The van der Waals surface area contributed by atoms with Crippen LogP contribution >= 0.6 is 0 Å². The summed E-state index contributed by atoms with van der Waals surface area (Å²) in [5.41, 5.74) is -1.47. The Bertz CT molecular complexity index is 2250. The average molecular weight is 771 g/mol. The molecular weight excluding hydrogens is 725 g/mol. The molecule has 14 nitrogen and oxygen atoms in total. The first-order chi connectivity index (χ1) is 26.3. The lowest BCUT2D eigenvalue weighted by molar-refractivity contribution is 0.0684. The zero-order valence-corrected chi connectivity index (χ0v) is 31.0. The third-order valence-electron chi connectivity index (χ3n) is 10.0. The van der Waals surface area contributed by atoms with Crippen molar-refractivity contribution in [3.63, 3.8) is 0 Å². The van der Waals surface area contributed by atoms with E-state index in [9.17, 15) is 33.1 Å². The average Bonchev–Trinajstić information content (AvgIpc) is 4.08. The molecule has 2 aliphatic carbocycles. The second kappa shape index (κ2) is 16.3. The molecular formula is C38H45F3N6O8. The number of carbonyl (C=O) groups is 2. The smallest absolute Gasteiger partial charge is 0.341 e. The van der Waals surface area contributed by atoms with Crippen molar-refractivity contribution in [2.75, 3.05) is 58.4 Å². The van der Waals surface area contributed by atoms with Crippen molar-refractivity contribution >= 4 is 39.4 Å². The van der Waals surface area contributed by atoms with Crippen LogP contribution in [0.15, 0.2) is 34.1 Å². The van der Waals surface area contributed by atoms with E-state index in [2.05, 4.69) is 22.9 Å². The highest BCUT2D eigenvalue weighted by Crippen LogP contribution is 2.44. The number of carboxylic acid groups (broad SMARTS) is 2. The summed E-state index contributed by atoms with van der Waals surface area (Å²) < 4.78 is 56.3. The standard InChI is InChI=1S/C19H22FN3O4.C14H11F2NO4.C5H12N2/c1-10-8-22(6-5-21-10)16-14(20)7-12-15(18(16)27-2)23(11-3-4-11)9-13(17(12)24)19(25)26;1-21-13-10(16)9(15)4-7-11(13)17(6-2-3-6)5-8(12(7)18)14(19)20;1-5-4-6-2-3-7-5/h7,9-11,21H,3-6,8H2,1-2H3,(H,25,26);4-6H,2-3H2,1H3,(H,19,20);5-7H,2-4H2,1H3. The van der Waals surface area contributed by atoms with E-state index in [0.717, 1.165) is 64.0 Å². The molecule has 17 heteroatoms. The molecule has 2 aromatic carbocycles. The van der Waals surface area contributed by atoms with Crippen LogP contribution in [-0.4, -0.2) is 96.9 Å². The van der Waals surface area contributed by atoms with Gasteiger partial charge in [-0.15, -0.1) is 0 Å². The van der Waals surface area contributed by atoms with E-state index in [1.807, 2.05) is 11.8 Å². The number of benzene rings is 2. The van der Waals surface area contributed by atoms with Crippen molar-refractivity contribution in [3.8, 4) is 11.5 Å². The van der Waals surface area contributed by atoms with Crippen LogP contribution in [0.5, 0.6) is 11.5 Å². The number of ether oxygens (including phenoxy) is 2. The Labute approximate surface area is 313 Å². The lowest BCUT2D eigenvalue weighted by atomic mass is 10.1. The molecule has 4 aliphatic rings. The maximum Gasteiger partial charge on any atom is 0.341 e. The number of pyridine rings is 2. The summed E-state index contributed by atoms with van der Waals surface area (Å²) in [6.45, 7) is 9.54. The van der Waals surface area contributed by atoms with Crippen LogP contribution < -0.4 is 41.2 Å². The minimum atomic E-state index is -1.40. The summed E-state index contributed by atoms with van der Waals surface area (Å²) in [5, 5.41) is 28.2. The van der Waals surface area contributed by atoms with E-state index in [-0.39, 0.29) is 45.7 Å². The van der Waals surface area contributed by atoms with Gasteiger partial charge in [0.2, 0.25) is 16.7 Å². The lowest BCUT2D eigenvalue weighted by Crippen LogP contribution is -2.49. The van der Waals surface area contributed by atoms with Crippen molar-refractivity contribution in [2.45, 2.75) is 63.7 Å². The number of hydrogen-bond acceptors (Lipinski definition) is 10. The number of nitrogens with zero attached hydrogens (tertiary/aromatic N) is 3. The molecule has 4 fully saturated rings. The Morgan fingerprint density at radius 2 is 1.25 bits per heavy atom. The molecule has 55 heavy (non-hydrogen) atoms. The van der Waals surface area contributed by atoms with E-state index >= 15 is 4.39 Å². The number of methoxy groups -OCH3 is 2. The van der Waals surface area contributed by atoms with E-state index in [0.29, 0.717) is 36.1 Å². The zero-order chi connectivity index (χ0) is 39.7. The quantitative estimate of drug-likeness (QED) is 0.184. The second-order valence-corrected chi connectivity index (χ2v) is 14.2. The maximum atomic E-state index is 15.1. The summed E-state index contributed by atoms with van der Waals surface area (Å²) in [6.07, 6.45) is 5.87. The molecule has 0 radical (unpaired) electrons. The number of carboxylic acids is 2. The minimum absolute atomic E-state index is 0.0371. The Hall–Kier alpha value is -5.13. The second-order valence-electron chi connectivity index (χ2n) is 14.2. The van der Waals surface area contributed by atoms with Gasteiger partial charge in [-0.05, 0) is 51.7 Å². The number of rotatable bonds is 7. The fourth-order valence-corrected chi connectivity index (χ4v) is 7.07. The minimum Gasteiger partial charge on any atom is -0.492 e. The summed E-state index contributed by atoms with van der Waals surface area (Å²) in [7, 11) is 2.63. The van der Waals surface area contributed by atoms with Crippen LogP contribution in [0.1, 0.15) is 72.3 Å². The highest BCUT2D eigenvalue weighted by Gasteiger charge is 2.33. The Morgan fingerprint density at radius 3 is 1.67 bits per heavy atom. The van der Waals surface area contributed by atoms with Gasteiger partial charge >= 0.3 is 11.9 Å². The molecule has 5 N–H and O–H groups in total. The molecule has 2 unspecified atom stereocenters. The first-order valence-corrected chi connectivity index (χ1v) is 18.2. The van der Waals surface area contributed by atoms with Gasteiger partial charge < -0.3 is 49.7 Å². The molecule has 4 heterocycles. The third kappa shape index (κ3) is 8.14. The number of hydrogen-bond donors (Lipinski definition) is 5. The summed E-state index contributed by atoms with van der Waals surface area (Å²) in [4.78, 5) is 49.4. The molecule has 2 aromatic heterocycles. The number of piperazine rings is 2. The summed E-state index contributed by atoms with van der Waals surface area (Å²) in [6, 6.07) is 2.81. The van der Waals surface area contributed by atoms with Gasteiger partial charge in [-0.1, -0.05) is 0 Å². The van der Waals surface area contributed by atoms with Crippen molar-refractivity contribution < 1.29 is 42.4 Å². The van der Waals surface area contributed by atoms with Gasteiger partial charge in [0.15, 0.2) is 23.1 Å². The molecule has 2 saturated carbocycles. The van der Waals surface area contributed by atoms with Crippen LogP contribution in [-0.2, 0) is 0 Å². The number of anilines is 1. The molecule has 8 rings (SSSR count). The van der Waals surface area contributed by atoms with Crippen LogP contribution in [0.4, 0.5) is 18.9 Å². The van der Waals surface area contributed by atoms with Crippen LogP contribution in [0.3, 0.4) is 0 Å². The Kier molecular flexibility index (Phi) is 11.7. The predicted molar refractivity (Wildman–Crippen MR) is 200 cm³/mol. The van der Waals surface area contributed by atoms with Gasteiger partial charge in [-0.3, -0.25) is 9.59 Å². The molecule has 2 saturated heterocycles. The molecule has 0 amide bonds. The SMILES string of the molecule is CC1CNCCN1.COc1c(F)c(F)cc2c(=O)c(C(=O)O)cn(C3CC3)c12.COc1c(N2CCNC(C)C2)c(F)cc2c(=O)c(C(=O)O)cn(C3CC3)c12. The van der Waals surface area contributed by atoms with Gasteiger partial charge in [0, 0.05) is 75.8 Å². The third-order valence-corrected chi connectivity index (χ3v) is 10.0. The maximum absolute atomic E-state index is 15.1. The van der Waals surface area contributed by atoms with E-state index in [1.54, 1.807) is 4.57 Å². The molecule has 2 aliphatic heterocycles. The number of fused-ring (bicyclic) bond motifs is 2. The zero-order valence-electron chi connectivity index (χ0n) is 31.0. The number of aromatic carboxylic acids is 2. The van der Waals surface area contributed by atoms with Crippen molar-refractivity contribution in [1.29, 1.82) is 0 Å². The normalized spacial score (nSPS) is 19.6. The van der Waals surface area contributed by atoms with Crippen molar-refractivity contribution in [3.05, 3.63) is 73.6 Å².